The third-order valence-corrected chi connectivity index (χ3v) is 2.41. The SMILES string of the molecule is C=CCOC(CCc1ccccc1)C(C)=O. The molecule has 0 saturated carbocycles. The Balaban J connectivity index is 2.43. The summed E-state index contributed by atoms with van der Waals surface area (Å²) in [7, 11) is 0. The van der Waals surface area contributed by atoms with Crippen molar-refractivity contribution in [3.63, 3.8) is 0 Å². The van der Waals surface area contributed by atoms with E-state index in [9.17, 15) is 4.79 Å². The number of ether oxygens (including phenoxy) is 1. The molecule has 0 saturated heterocycles. The summed E-state index contributed by atoms with van der Waals surface area (Å²) in [6.07, 6.45) is 2.95. The minimum absolute atomic E-state index is 0.0813. The van der Waals surface area contributed by atoms with Crippen molar-refractivity contribution in [3.05, 3.63) is 48.6 Å². The molecule has 1 atom stereocenters. The lowest BCUT2D eigenvalue weighted by Crippen LogP contribution is -2.22. The van der Waals surface area contributed by atoms with Crippen LogP contribution in [0.5, 0.6) is 0 Å². The second-order valence-electron chi connectivity index (χ2n) is 3.75. The first-order valence-corrected chi connectivity index (χ1v) is 5.51. The highest BCUT2D eigenvalue weighted by Crippen LogP contribution is 2.08. The number of benzene rings is 1. The summed E-state index contributed by atoms with van der Waals surface area (Å²) in [5.41, 5.74) is 1.23. The van der Waals surface area contributed by atoms with Gasteiger partial charge in [0.25, 0.3) is 0 Å². The molecule has 16 heavy (non-hydrogen) atoms. The fourth-order valence-corrected chi connectivity index (χ4v) is 1.53. The molecular formula is C14H18O2. The number of carbonyl (C=O) groups excluding carboxylic acids is 1. The molecule has 0 bridgehead atoms. The van der Waals surface area contributed by atoms with Crippen molar-refractivity contribution in [3.8, 4) is 0 Å². The summed E-state index contributed by atoms with van der Waals surface area (Å²) in [5, 5.41) is 0. The van der Waals surface area contributed by atoms with Gasteiger partial charge in [-0.1, -0.05) is 36.4 Å². The highest BCUT2D eigenvalue weighted by molar-refractivity contribution is 5.80. The van der Waals surface area contributed by atoms with Crippen molar-refractivity contribution in [1.82, 2.24) is 0 Å². The Labute approximate surface area is 96.9 Å². The van der Waals surface area contributed by atoms with E-state index in [1.54, 1.807) is 13.0 Å². The molecule has 1 aromatic rings. The molecule has 0 amide bonds. The first kappa shape index (κ1) is 12.7. The van der Waals surface area contributed by atoms with E-state index in [-0.39, 0.29) is 11.9 Å². The Morgan fingerprint density at radius 2 is 2.12 bits per heavy atom. The van der Waals surface area contributed by atoms with Gasteiger partial charge >= 0.3 is 0 Å². The van der Waals surface area contributed by atoms with Crippen molar-refractivity contribution < 1.29 is 9.53 Å². The molecule has 0 aliphatic rings. The fraction of sp³-hybridized carbons (Fsp3) is 0.357. The lowest BCUT2D eigenvalue weighted by molar-refractivity contribution is -0.127. The molecule has 0 aliphatic carbocycles. The standard InChI is InChI=1S/C14H18O2/c1-3-11-16-14(12(2)15)10-9-13-7-5-4-6-8-13/h3-8,14H,1,9-11H2,2H3. The smallest absolute Gasteiger partial charge is 0.158 e. The number of rotatable bonds is 7. The summed E-state index contributed by atoms with van der Waals surface area (Å²) in [6.45, 7) is 5.57. The number of ketones is 1. The van der Waals surface area contributed by atoms with Crippen LogP contribution in [0.3, 0.4) is 0 Å². The summed E-state index contributed by atoms with van der Waals surface area (Å²) in [4.78, 5) is 11.3. The van der Waals surface area contributed by atoms with Gasteiger partial charge in [0, 0.05) is 0 Å². The van der Waals surface area contributed by atoms with Crippen LogP contribution in [0.1, 0.15) is 18.9 Å². The van der Waals surface area contributed by atoms with Gasteiger partial charge in [-0.2, -0.15) is 0 Å². The maximum atomic E-state index is 11.3. The van der Waals surface area contributed by atoms with E-state index in [2.05, 4.69) is 18.7 Å². The number of carbonyl (C=O) groups is 1. The summed E-state index contributed by atoms with van der Waals surface area (Å²) >= 11 is 0. The summed E-state index contributed by atoms with van der Waals surface area (Å²) in [6, 6.07) is 10.1. The second-order valence-corrected chi connectivity index (χ2v) is 3.75. The maximum Gasteiger partial charge on any atom is 0.158 e. The van der Waals surface area contributed by atoms with Gasteiger partial charge in [0.2, 0.25) is 0 Å². The third-order valence-electron chi connectivity index (χ3n) is 2.41. The molecule has 0 fully saturated rings. The number of Topliss-reactive ketones (excluding diaryl/α,β-unsaturated/α-hetero) is 1. The van der Waals surface area contributed by atoms with Gasteiger partial charge in [-0.15, -0.1) is 6.58 Å². The van der Waals surface area contributed by atoms with Crippen LogP contribution in [0.4, 0.5) is 0 Å². The molecule has 0 spiro atoms. The largest absolute Gasteiger partial charge is 0.366 e. The lowest BCUT2D eigenvalue weighted by atomic mass is 10.0. The second kappa shape index (κ2) is 6.96. The molecule has 2 heteroatoms. The molecule has 0 heterocycles. The van der Waals surface area contributed by atoms with Gasteiger partial charge in [-0.3, -0.25) is 4.79 Å². The molecule has 1 aromatic carbocycles. The first-order valence-electron chi connectivity index (χ1n) is 5.51. The Morgan fingerprint density at radius 1 is 1.44 bits per heavy atom. The molecule has 1 unspecified atom stereocenters. The lowest BCUT2D eigenvalue weighted by Gasteiger charge is -2.13. The molecule has 0 aromatic heterocycles. The van der Waals surface area contributed by atoms with Crippen molar-refractivity contribution in [2.24, 2.45) is 0 Å². The van der Waals surface area contributed by atoms with Crippen LogP contribution < -0.4 is 0 Å². The number of hydrogen-bond acceptors (Lipinski definition) is 2. The van der Waals surface area contributed by atoms with E-state index in [0.717, 1.165) is 12.8 Å². The topological polar surface area (TPSA) is 26.3 Å². The van der Waals surface area contributed by atoms with Crippen LogP contribution in [0, 0.1) is 0 Å². The van der Waals surface area contributed by atoms with Crippen LogP contribution in [-0.4, -0.2) is 18.5 Å². The maximum absolute atomic E-state index is 11.3. The quantitative estimate of drug-likeness (QED) is 0.658. The monoisotopic (exact) mass is 218 g/mol. The van der Waals surface area contributed by atoms with Gasteiger partial charge in [0.1, 0.15) is 6.10 Å². The van der Waals surface area contributed by atoms with E-state index in [0.29, 0.717) is 6.61 Å². The van der Waals surface area contributed by atoms with E-state index in [1.807, 2.05) is 18.2 Å². The van der Waals surface area contributed by atoms with Crippen molar-refractivity contribution in [1.29, 1.82) is 0 Å². The van der Waals surface area contributed by atoms with Crippen molar-refractivity contribution in [2.75, 3.05) is 6.61 Å². The summed E-state index contributed by atoms with van der Waals surface area (Å²) in [5.74, 6) is 0.0813. The van der Waals surface area contributed by atoms with Gasteiger partial charge in [-0.25, -0.2) is 0 Å². The Morgan fingerprint density at radius 3 is 2.69 bits per heavy atom. The highest BCUT2D eigenvalue weighted by atomic mass is 16.5. The first-order chi connectivity index (χ1) is 7.74. The number of hydrogen-bond donors (Lipinski definition) is 0. The van der Waals surface area contributed by atoms with Crippen LogP contribution >= 0.6 is 0 Å². The molecule has 1 rings (SSSR count). The normalized spacial score (nSPS) is 12.1. The van der Waals surface area contributed by atoms with Gasteiger partial charge in [-0.05, 0) is 25.3 Å². The van der Waals surface area contributed by atoms with Gasteiger partial charge in [0.15, 0.2) is 5.78 Å². The van der Waals surface area contributed by atoms with E-state index in [4.69, 9.17) is 4.74 Å². The minimum atomic E-state index is -0.307. The molecule has 0 aliphatic heterocycles. The minimum Gasteiger partial charge on any atom is -0.366 e. The Bertz CT molecular complexity index is 330. The Kier molecular flexibility index (Phi) is 5.51. The van der Waals surface area contributed by atoms with Gasteiger partial charge < -0.3 is 4.74 Å². The zero-order valence-corrected chi connectivity index (χ0v) is 9.69. The molecular weight excluding hydrogens is 200 g/mol. The Hall–Kier alpha value is -1.41. The third kappa shape index (κ3) is 4.41. The molecule has 0 N–H and O–H groups in total. The van der Waals surface area contributed by atoms with Crippen LogP contribution in [0.2, 0.25) is 0 Å². The van der Waals surface area contributed by atoms with E-state index < -0.39 is 0 Å². The van der Waals surface area contributed by atoms with Crippen LogP contribution in [0.25, 0.3) is 0 Å². The average molecular weight is 218 g/mol. The molecule has 0 radical (unpaired) electrons. The van der Waals surface area contributed by atoms with Crippen molar-refractivity contribution in [2.45, 2.75) is 25.9 Å². The predicted octanol–water partition coefficient (Wildman–Crippen LogP) is 2.78. The zero-order valence-electron chi connectivity index (χ0n) is 9.69. The van der Waals surface area contributed by atoms with E-state index >= 15 is 0 Å². The summed E-state index contributed by atoms with van der Waals surface area (Å²) < 4.78 is 5.41. The van der Waals surface area contributed by atoms with Crippen molar-refractivity contribution >= 4 is 5.78 Å². The number of aryl methyl sites for hydroxylation is 1. The average Bonchev–Trinajstić information content (AvgIpc) is 2.30. The van der Waals surface area contributed by atoms with E-state index in [1.165, 1.54) is 5.56 Å². The predicted molar refractivity (Wildman–Crippen MR) is 65.4 cm³/mol. The molecule has 86 valence electrons. The van der Waals surface area contributed by atoms with Crippen LogP contribution in [-0.2, 0) is 16.0 Å². The zero-order chi connectivity index (χ0) is 11.8. The highest BCUT2D eigenvalue weighted by Gasteiger charge is 2.13. The fourth-order valence-electron chi connectivity index (χ4n) is 1.53. The molecule has 2 nitrogen and oxygen atoms in total. The van der Waals surface area contributed by atoms with Crippen LogP contribution in [0.15, 0.2) is 43.0 Å². The van der Waals surface area contributed by atoms with Gasteiger partial charge in [0.05, 0.1) is 6.61 Å².